The number of carbonyl (C=O) groups excluding carboxylic acids is 6. The Hall–Kier alpha value is -4.02. The molecule has 4 amide bonds. The molecule has 3 atom stereocenters. The van der Waals surface area contributed by atoms with Gasteiger partial charge < -0.3 is 25.6 Å². The lowest BCUT2D eigenvalue weighted by molar-refractivity contribution is -0.144. The van der Waals surface area contributed by atoms with Gasteiger partial charge in [0.1, 0.15) is 23.5 Å². The molecule has 0 radical (unpaired) electrons. The van der Waals surface area contributed by atoms with Crippen molar-refractivity contribution >= 4 is 35.4 Å². The predicted molar refractivity (Wildman–Crippen MR) is 166 cm³/mol. The van der Waals surface area contributed by atoms with E-state index in [4.69, 9.17) is 4.74 Å². The molecule has 44 heavy (non-hydrogen) atoms. The molecular weight excluding hydrogens is 564 g/mol. The Morgan fingerprint density at radius 1 is 1.02 bits per heavy atom. The number of ether oxygens (including phenoxy) is 1. The number of allylic oxidation sites excluding steroid dienone is 1. The largest absolute Gasteiger partial charge is 0.444 e. The number of nitrogens with zero attached hydrogens (tertiary/aromatic N) is 1. The molecular formula is C33H48N4O7. The average molecular weight is 613 g/mol. The maximum absolute atomic E-state index is 13.7. The zero-order valence-electron chi connectivity index (χ0n) is 26.9. The van der Waals surface area contributed by atoms with E-state index in [9.17, 15) is 28.8 Å². The molecule has 1 aromatic rings. The SMILES string of the molecule is C=CCCC(NC(=O)[C@@H]1CCCN1C(=O)[C@@H](NC(=O)OC(C)(C)C)C(C)(C)C)C(=O)C(=O)NCCC(=O)Cc1ccccc1. The van der Waals surface area contributed by atoms with Crippen LogP contribution in [0, 0.1) is 5.41 Å². The fraction of sp³-hybridized carbons (Fsp3) is 0.576. The minimum absolute atomic E-state index is 0.0118. The second kappa shape index (κ2) is 16.2. The van der Waals surface area contributed by atoms with Crippen LogP contribution in [0.25, 0.3) is 0 Å². The Labute approximate surface area is 260 Å². The van der Waals surface area contributed by atoms with Crippen molar-refractivity contribution in [3.8, 4) is 0 Å². The number of carbonyl (C=O) groups is 6. The molecule has 0 aliphatic carbocycles. The lowest BCUT2D eigenvalue weighted by atomic mass is 9.85. The number of alkyl carbamates (subject to hydrolysis) is 1. The lowest BCUT2D eigenvalue weighted by Gasteiger charge is -2.36. The van der Waals surface area contributed by atoms with Crippen LogP contribution in [0.3, 0.4) is 0 Å². The van der Waals surface area contributed by atoms with E-state index >= 15 is 0 Å². The lowest BCUT2D eigenvalue weighted by Crippen LogP contribution is -2.59. The highest BCUT2D eigenvalue weighted by molar-refractivity contribution is 6.38. The van der Waals surface area contributed by atoms with Crippen molar-refractivity contribution in [3.63, 3.8) is 0 Å². The summed E-state index contributed by atoms with van der Waals surface area (Å²) in [6, 6.07) is 6.22. The molecule has 1 fully saturated rings. The summed E-state index contributed by atoms with van der Waals surface area (Å²) < 4.78 is 5.35. The van der Waals surface area contributed by atoms with Crippen molar-refractivity contribution in [1.82, 2.24) is 20.9 Å². The fourth-order valence-electron chi connectivity index (χ4n) is 4.84. The maximum Gasteiger partial charge on any atom is 0.408 e. The Kier molecular flexibility index (Phi) is 13.3. The molecule has 3 N–H and O–H groups in total. The number of rotatable bonds is 14. The molecule has 1 aliphatic rings. The highest BCUT2D eigenvalue weighted by atomic mass is 16.6. The predicted octanol–water partition coefficient (Wildman–Crippen LogP) is 3.26. The van der Waals surface area contributed by atoms with E-state index in [1.165, 1.54) is 4.90 Å². The first kappa shape index (κ1) is 36.2. The number of hydrogen-bond acceptors (Lipinski definition) is 7. The zero-order valence-corrected chi connectivity index (χ0v) is 26.9. The molecule has 1 unspecified atom stereocenters. The highest BCUT2D eigenvalue weighted by Crippen LogP contribution is 2.26. The monoisotopic (exact) mass is 612 g/mol. The van der Waals surface area contributed by atoms with Gasteiger partial charge in [-0.25, -0.2) is 4.79 Å². The molecule has 2 rings (SSSR count). The molecule has 0 spiro atoms. The van der Waals surface area contributed by atoms with Gasteiger partial charge in [-0.15, -0.1) is 6.58 Å². The summed E-state index contributed by atoms with van der Waals surface area (Å²) in [5.41, 5.74) is -0.593. The van der Waals surface area contributed by atoms with Gasteiger partial charge in [-0.2, -0.15) is 0 Å². The molecule has 1 aliphatic heterocycles. The van der Waals surface area contributed by atoms with Gasteiger partial charge >= 0.3 is 6.09 Å². The third-order valence-electron chi connectivity index (χ3n) is 7.06. The van der Waals surface area contributed by atoms with Crippen LogP contribution >= 0.6 is 0 Å². The Balaban J connectivity index is 2.05. The van der Waals surface area contributed by atoms with Crippen molar-refractivity contribution in [2.45, 2.75) is 104 Å². The van der Waals surface area contributed by atoms with Crippen LogP contribution in [0.15, 0.2) is 43.0 Å². The average Bonchev–Trinajstić information content (AvgIpc) is 3.42. The number of Topliss-reactive ketones (excluding diaryl/α,β-unsaturated/α-hetero) is 2. The second-order valence-electron chi connectivity index (χ2n) is 13.1. The van der Waals surface area contributed by atoms with Crippen LogP contribution in [0.4, 0.5) is 4.79 Å². The number of hydrogen-bond donors (Lipinski definition) is 3. The van der Waals surface area contributed by atoms with Crippen molar-refractivity contribution in [2.75, 3.05) is 13.1 Å². The zero-order chi connectivity index (χ0) is 33.1. The van der Waals surface area contributed by atoms with E-state index in [1.54, 1.807) is 47.6 Å². The summed E-state index contributed by atoms with van der Waals surface area (Å²) in [4.78, 5) is 79.2. The summed E-state index contributed by atoms with van der Waals surface area (Å²) in [7, 11) is 0. The van der Waals surface area contributed by atoms with Gasteiger partial charge in [-0.1, -0.05) is 57.2 Å². The van der Waals surface area contributed by atoms with Crippen LogP contribution in [0.2, 0.25) is 0 Å². The van der Waals surface area contributed by atoms with Crippen molar-refractivity contribution < 1.29 is 33.5 Å². The Morgan fingerprint density at radius 3 is 2.27 bits per heavy atom. The van der Waals surface area contributed by atoms with Crippen LogP contribution in [0.1, 0.15) is 79.2 Å². The topological polar surface area (TPSA) is 151 Å². The first-order valence-corrected chi connectivity index (χ1v) is 15.1. The normalized spacial score (nSPS) is 16.3. The summed E-state index contributed by atoms with van der Waals surface area (Å²) in [6.07, 6.45) is 2.53. The number of amides is 4. The molecule has 0 aromatic heterocycles. The molecule has 1 aromatic carbocycles. The first-order chi connectivity index (χ1) is 20.5. The van der Waals surface area contributed by atoms with Gasteiger partial charge in [0.2, 0.25) is 17.6 Å². The summed E-state index contributed by atoms with van der Waals surface area (Å²) >= 11 is 0. The summed E-state index contributed by atoms with van der Waals surface area (Å²) in [6.45, 7) is 14.5. The second-order valence-corrected chi connectivity index (χ2v) is 13.1. The summed E-state index contributed by atoms with van der Waals surface area (Å²) in [5, 5.41) is 7.83. The van der Waals surface area contributed by atoms with E-state index in [0.717, 1.165) is 5.56 Å². The standard InChI is InChI=1S/C33H48N4O7/c1-8-9-16-24(26(39)29(41)34-19-18-23(38)21-22-14-11-10-12-15-22)35-28(40)25-17-13-20-37(25)30(42)27(32(2,3)4)36-31(43)44-33(5,6)7/h8,10-12,14-15,24-25,27H,1,9,13,16-21H2,2-7H3,(H,34,41)(H,35,40)(H,36,43)/t24?,25-,27+/m0/s1. The molecule has 0 saturated carbocycles. The number of ketones is 2. The van der Waals surface area contributed by atoms with Gasteiger partial charge in [-0.05, 0) is 57.4 Å². The quantitative estimate of drug-likeness (QED) is 0.216. The third kappa shape index (κ3) is 11.6. The van der Waals surface area contributed by atoms with Crippen molar-refractivity contribution in [2.24, 2.45) is 5.41 Å². The summed E-state index contributed by atoms with van der Waals surface area (Å²) in [5.74, 6) is -2.82. The van der Waals surface area contributed by atoms with Gasteiger partial charge in [0, 0.05) is 25.9 Å². The van der Waals surface area contributed by atoms with Crippen LogP contribution < -0.4 is 16.0 Å². The minimum atomic E-state index is -1.14. The molecule has 1 saturated heterocycles. The Morgan fingerprint density at radius 2 is 1.68 bits per heavy atom. The molecule has 1 heterocycles. The molecule has 0 bridgehead atoms. The number of likely N-dealkylation sites (tertiary alicyclic amines) is 1. The fourth-order valence-corrected chi connectivity index (χ4v) is 4.84. The Bertz CT molecular complexity index is 1200. The minimum Gasteiger partial charge on any atom is -0.444 e. The van der Waals surface area contributed by atoms with Gasteiger partial charge in [0.15, 0.2) is 0 Å². The van der Waals surface area contributed by atoms with Gasteiger partial charge in [0.05, 0.1) is 6.04 Å². The van der Waals surface area contributed by atoms with Crippen LogP contribution in [-0.4, -0.2) is 77.1 Å². The van der Waals surface area contributed by atoms with Gasteiger partial charge in [-0.3, -0.25) is 24.0 Å². The number of nitrogens with one attached hydrogen (secondary N) is 3. The molecule has 242 valence electrons. The highest BCUT2D eigenvalue weighted by Gasteiger charge is 2.43. The smallest absolute Gasteiger partial charge is 0.408 e. The van der Waals surface area contributed by atoms with Crippen LogP contribution in [0.5, 0.6) is 0 Å². The van der Waals surface area contributed by atoms with E-state index in [1.807, 2.05) is 30.3 Å². The number of benzene rings is 1. The van der Waals surface area contributed by atoms with E-state index in [2.05, 4.69) is 22.5 Å². The maximum atomic E-state index is 13.7. The van der Waals surface area contributed by atoms with Crippen LogP contribution in [-0.2, 0) is 35.1 Å². The van der Waals surface area contributed by atoms with Gasteiger partial charge in [0.25, 0.3) is 5.91 Å². The molecule has 11 heteroatoms. The van der Waals surface area contributed by atoms with E-state index in [0.29, 0.717) is 25.8 Å². The van der Waals surface area contributed by atoms with E-state index < -0.39 is 58.7 Å². The van der Waals surface area contributed by atoms with E-state index in [-0.39, 0.29) is 31.6 Å². The first-order valence-electron chi connectivity index (χ1n) is 15.1. The van der Waals surface area contributed by atoms with Crippen molar-refractivity contribution in [1.29, 1.82) is 0 Å². The third-order valence-corrected chi connectivity index (χ3v) is 7.06. The molecule has 11 nitrogen and oxygen atoms in total. The van der Waals surface area contributed by atoms with Crippen molar-refractivity contribution in [3.05, 3.63) is 48.6 Å².